The van der Waals surface area contributed by atoms with E-state index in [1.807, 2.05) is 18.2 Å². The first-order chi connectivity index (χ1) is 10.3. The van der Waals surface area contributed by atoms with Gasteiger partial charge in [0, 0.05) is 20.6 Å². The Morgan fingerprint density at radius 1 is 1.19 bits per heavy atom. The second kappa shape index (κ2) is 6.77. The Labute approximate surface area is 137 Å². The highest BCUT2D eigenvalue weighted by Gasteiger charge is 2.17. The van der Waals surface area contributed by atoms with Crippen LogP contribution in [0.15, 0.2) is 33.6 Å². The molecule has 1 heterocycles. The molecule has 0 saturated carbocycles. The van der Waals surface area contributed by atoms with Gasteiger partial charge in [0.15, 0.2) is 0 Å². The number of halogens is 1. The monoisotopic (exact) mass is 364 g/mol. The van der Waals surface area contributed by atoms with Crippen LogP contribution in [-0.2, 0) is 18.6 Å². The van der Waals surface area contributed by atoms with E-state index in [2.05, 4.69) is 32.4 Å². The van der Waals surface area contributed by atoms with Crippen molar-refractivity contribution in [3.63, 3.8) is 0 Å². The Bertz CT molecular complexity index is 630. The highest BCUT2D eigenvalue weighted by molar-refractivity contribution is 9.10. The summed E-state index contributed by atoms with van der Waals surface area (Å²) in [6, 6.07) is 8.19. The minimum Gasteiger partial charge on any atom is -0.308 e. The van der Waals surface area contributed by atoms with Crippen LogP contribution in [0.5, 0.6) is 0 Å². The third kappa shape index (κ3) is 3.39. The number of nitrogens with one attached hydrogen (secondary N) is 1. The highest BCUT2D eigenvalue weighted by atomic mass is 79.9. The van der Waals surface area contributed by atoms with Crippen LogP contribution < -0.4 is 11.3 Å². The van der Waals surface area contributed by atoms with Gasteiger partial charge in [0.2, 0.25) is 0 Å². The van der Waals surface area contributed by atoms with Crippen LogP contribution in [-0.4, -0.2) is 9.97 Å². The van der Waals surface area contributed by atoms with Gasteiger partial charge in [-0.2, -0.15) is 0 Å². The van der Waals surface area contributed by atoms with Crippen molar-refractivity contribution in [1.29, 1.82) is 0 Å². The van der Waals surface area contributed by atoms with Gasteiger partial charge in [-0.3, -0.25) is 0 Å². The summed E-state index contributed by atoms with van der Waals surface area (Å²) in [5, 5.41) is 0. The molecular formula is C15H17BrN4S. The summed E-state index contributed by atoms with van der Waals surface area (Å²) in [6.07, 6.45) is 4.44. The van der Waals surface area contributed by atoms with Crippen molar-refractivity contribution in [2.75, 3.05) is 5.43 Å². The van der Waals surface area contributed by atoms with Gasteiger partial charge in [0.1, 0.15) is 11.6 Å². The minimum atomic E-state index is 0.741. The van der Waals surface area contributed by atoms with Gasteiger partial charge in [0.25, 0.3) is 0 Å². The average Bonchev–Trinajstić information content (AvgIpc) is 2.53. The minimum absolute atomic E-state index is 0.741. The number of nitrogen functional groups attached to an aromatic ring is 1. The normalized spacial score (nSPS) is 13.8. The van der Waals surface area contributed by atoms with E-state index in [1.54, 1.807) is 11.8 Å². The molecule has 0 saturated heterocycles. The van der Waals surface area contributed by atoms with Gasteiger partial charge in [-0.1, -0.05) is 12.1 Å². The van der Waals surface area contributed by atoms with Gasteiger partial charge in [-0.25, -0.2) is 15.8 Å². The standard InChI is InChI=1S/C15H17BrN4S/c16-11-6-2-4-8-13(11)21-9-14-18-12-7-3-1-5-10(12)15(19-14)20-17/h2,4,6,8H,1,3,5,7,9,17H2,(H,18,19,20). The Morgan fingerprint density at radius 2 is 2.00 bits per heavy atom. The van der Waals surface area contributed by atoms with E-state index in [0.717, 1.165) is 40.4 Å². The third-order valence-corrected chi connectivity index (χ3v) is 5.58. The number of rotatable bonds is 4. The van der Waals surface area contributed by atoms with Crippen LogP contribution >= 0.6 is 27.7 Å². The van der Waals surface area contributed by atoms with Crippen molar-refractivity contribution >= 4 is 33.5 Å². The van der Waals surface area contributed by atoms with Crippen molar-refractivity contribution < 1.29 is 0 Å². The lowest BCUT2D eigenvalue weighted by molar-refractivity contribution is 0.659. The summed E-state index contributed by atoms with van der Waals surface area (Å²) >= 11 is 5.29. The predicted octanol–water partition coefficient (Wildman–Crippen LogP) is 3.70. The maximum atomic E-state index is 5.62. The number of nitrogens with two attached hydrogens (primary N) is 1. The molecule has 21 heavy (non-hydrogen) atoms. The zero-order valence-electron chi connectivity index (χ0n) is 11.6. The molecule has 0 bridgehead atoms. The number of nitrogens with zero attached hydrogens (tertiary/aromatic N) is 2. The van der Waals surface area contributed by atoms with Gasteiger partial charge in [0.05, 0.1) is 5.75 Å². The molecule has 3 rings (SSSR count). The van der Waals surface area contributed by atoms with E-state index >= 15 is 0 Å². The number of hydrazine groups is 1. The molecule has 1 aromatic heterocycles. The van der Waals surface area contributed by atoms with Crippen molar-refractivity contribution in [3.8, 4) is 0 Å². The van der Waals surface area contributed by atoms with Crippen molar-refractivity contribution in [2.24, 2.45) is 5.84 Å². The number of thioether (sulfide) groups is 1. The fraction of sp³-hybridized carbons (Fsp3) is 0.333. The average molecular weight is 365 g/mol. The number of anilines is 1. The summed E-state index contributed by atoms with van der Waals surface area (Å²) in [5.41, 5.74) is 5.09. The molecule has 4 nitrogen and oxygen atoms in total. The molecule has 0 amide bonds. The molecule has 1 aromatic carbocycles. The quantitative estimate of drug-likeness (QED) is 0.492. The third-order valence-electron chi connectivity index (χ3n) is 3.56. The van der Waals surface area contributed by atoms with E-state index < -0.39 is 0 Å². The smallest absolute Gasteiger partial charge is 0.147 e. The van der Waals surface area contributed by atoms with Crippen LogP contribution in [0, 0.1) is 0 Å². The first-order valence-electron chi connectivity index (χ1n) is 7.00. The second-order valence-electron chi connectivity index (χ2n) is 4.98. The Balaban J connectivity index is 1.81. The summed E-state index contributed by atoms with van der Waals surface area (Å²) in [4.78, 5) is 10.5. The lowest BCUT2D eigenvalue weighted by Crippen LogP contribution is -2.17. The van der Waals surface area contributed by atoms with Crippen LogP contribution in [0.4, 0.5) is 5.82 Å². The van der Waals surface area contributed by atoms with Crippen molar-refractivity contribution in [3.05, 3.63) is 45.8 Å². The molecule has 0 atom stereocenters. The Hall–Kier alpha value is -1.11. The number of fused-ring (bicyclic) bond motifs is 1. The van der Waals surface area contributed by atoms with E-state index in [4.69, 9.17) is 10.8 Å². The molecule has 110 valence electrons. The fourth-order valence-electron chi connectivity index (χ4n) is 2.53. The number of hydrogen-bond acceptors (Lipinski definition) is 5. The van der Waals surface area contributed by atoms with Crippen LogP contribution in [0.25, 0.3) is 0 Å². The number of aromatic nitrogens is 2. The second-order valence-corrected chi connectivity index (χ2v) is 6.86. The molecular weight excluding hydrogens is 348 g/mol. The van der Waals surface area contributed by atoms with Gasteiger partial charge in [-0.15, -0.1) is 11.8 Å². The van der Waals surface area contributed by atoms with E-state index in [9.17, 15) is 0 Å². The molecule has 1 aliphatic rings. The largest absolute Gasteiger partial charge is 0.308 e. The molecule has 0 fully saturated rings. The SMILES string of the molecule is NNc1nc(CSc2ccccc2Br)nc2c1CCCC2. The van der Waals surface area contributed by atoms with E-state index in [-0.39, 0.29) is 0 Å². The van der Waals surface area contributed by atoms with E-state index in [0.29, 0.717) is 0 Å². The Kier molecular flexibility index (Phi) is 4.77. The summed E-state index contributed by atoms with van der Waals surface area (Å²) in [5.74, 6) is 7.99. The first kappa shape index (κ1) is 14.8. The number of hydrogen-bond donors (Lipinski definition) is 2. The maximum Gasteiger partial charge on any atom is 0.147 e. The maximum absolute atomic E-state index is 5.62. The molecule has 2 aromatic rings. The molecule has 0 aliphatic heterocycles. The highest BCUT2D eigenvalue weighted by Crippen LogP contribution is 2.30. The van der Waals surface area contributed by atoms with E-state index in [1.165, 1.54) is 23.3 Å². The summed E-state index contributed by atoms with van der Waals surface area (Å²) < 4.78 is 1.10. The van der Waals surface area contributed by atoms with Crippen LogP contribution in [0.3, 0.4) is 0 Å². The number of aryl methyl sites for hydroxylation is 1. The first-order valence-corrected chi connectivity index (χ1v) is 8.78. The van der Waals surface area contributed by atoms with Gasteiger partial charge in [-0.05, 0) is 53.7 Å². The fourth-order valence-corrected chi connectivity index (χ4v) is 3.96. The zero-order valence-corrected chi connectivity index (χ0v) is 14.0. The lowest BCUT2D eigenvalue weighted by Gasteiger charge is -2.18. The molecule has 0 radical (unpaired) electrons. The predicted molar refractivity (Wildman–Crippen MR) is 90.2 cm³/mol. The Morgan fingerprint density at radius 3 is 2.81 bits per heavy atom. The topological polar surface area (TPSA) is 63.8 Å². The van der Waals surface area contributed by atoms with Crippen molar-refractivity contribution in [2.45, 2.75) is 36.3 Å². The van der Waals surface area contributed by atoms with Gasteiger partial charge >= 0.3 is 0 Å². The van der Waals surface area contributed by atoms with Crippen LogP contribution in [0.1, 0.15) is 29.9 Å². The van der Waals surface area contributed by atoms with Crippen LogP contribution in [0.2, 0.25) is 0 Å². The van der Waals surface area contributed by atoms with Crippen molar-refractivity contribution in [1.82, 2.24) is 9.97 Å². The molecule has 6 heteroatoms. The van der Waals surface area contributed by atoms with Gasteiger partial charge < -0.3 is 5.43 Å². The summed E-state index contributed by atoms with van der Waals surface area (Å²) in [6.45, 7) is 0. The summed E-state index contributed by atoms with van der Waals surface area (Å²) in [7, 11) is 0. The molecule has 3 N–H and O–H groups in total. The lowest BCUT2D eigenvalue weighted by atomic mass is 9.96. The molecule has 0 spiro atoms. The zero-order chi connectivity index (χ0) is 14.7. The molecule has 1 aliphatic carbocycles. The number of benzene rings is 1. The molecule has 0 unspecified atom stereocenters.